The summed E-state index contributed by atoms with van der Waals surface area (Å²) in [5.74, 6) is 0.878. The summed E-state index contributed by atoms with van der Waals surface area (Å²) in [7, 11) is 0. The van der Waals surface area contributed by atoms with Gasteiger partial charge in [0.05, 0.1) is 12.1 Å². The van der Waals surface area contributed by atoms with Gasteiger partial charge in [0.25, 0.3) is 0 Å². The summed E-state index contributed by atoms with van der Waals surface area (Å²) >= 11 is 0. The van der Waals surface area contributed by atoms with Crippen LogP contribution in [0.4, 0.5) is 0 Å². The third kappa shape index (κ3) is 4.04. The van der Waals surface area contributed by atoms with Crippen molar-refractivity contribution in [1.29, 1.82) is 0 Å². The van der Waals surface area contributed by atoms with E-state index >= 15 is 0 Å². The van der Waals surface area contributed by atoms with Crippen LogP contribution in [-0.4, -0.2) is 40.2 Å². The Balaban J connectivity index is 1.51. The zero-order chi connectivity index (χ0) is 18.7. The van der Waals surface area contributed by atoms with E-state index in [0.717, 1.165) is 32.2 Å². The molecule has 0 unspecified atom stereocenters. The number of rotatable bonds is 4. The monoisotopic (exact) mass is 368 g/mol. The highest BCUT2D eigenvalue weighted by molar-refractivity contribution is 5.87. The number of carbonyl (C=O) groups is 2. The van der Waals surface area contributed by atoms with Crippen LogP contribution in [0, 0.1) is 5.92 Å². The highest BCUT2D eigenvalue weighted by Gasteiger charge is 2.46. The molecular weight excluding hydrogens is 336 g/mol. The van der Waals surface area contributed by atoms with Crippen LogP contribution in [0.3, 0.4) is 0 Å². The van der Waals surface area contributed by atoms with Crippen LogP contribution >= 0.6 is 0 Å². The molecular formula is C23H32N2O2. The van der Waals surface area contributed by atoms with Crippen LogP contribution in [0.2, 0.25) is 0 Å². The predicted molar refractivity (Wildman–Crippen MR) is 106 cm³/mol. The molecule has 0 N–H and O–H groups in total. The van der Waals surface area contributed by atoms with Gasteiger partial charge in [0.2, 0.25) is 11.8 Å². The van der Waals surface area contributed by atoms with Crippen molar-refractivity contribution in [3.8, 4) is 0 Å². The first kappa shape index (κ1) is 18.5. The maximum Gasteiger partial charge on any atom is 0.243 e. The minimum Gasteiger partial charge on any atom is -0.331 e. The molecule has 0 radical (unpaired) electrons. The van der Waals surface area contributed by atoms with Crippen molar-refractivity contribution >= 4 is 11.8 Å². The van der Waals surface area contributed by atoms with Crippen LogP contribution in [0.15, 0.2) is 30.3 Å². The Morgan fingerprint density at radius 3 is 2.41 bits per heavy atom. The molecule has 1 aromatic carbocycles. The van der Waals surface area contributed by atoms with Gasteiger partial charge in [-0.2, -0.15) is 0 Å². The van der Waals surface area contributed by atoms with E-state index in [1.165, 1.54) is 37.7 Å². The van der Waals surface area contributed by atoms with Gasteiger partial charge in [0.1, 0.15) is 0 Å². The fourth-order valence-electron chi connectivity index (χ4n) is 5.44. The second kappa shape index (κ2) is 8.04. The maximum absolute atomic E-state index is 13.2. The summed E-state index contributed by atoms with van der Waals surface area (Å²) in [6.45, 7) is 1.67. The van der Waals surface area contributed by atoms with E-state index in [1.807, 2.05) is 23.1 Å². The van der Waals surface area contributed by atoms with Gasteiger partial charge in [-0.05, 0) is 37.2 Å². The summed E-state index contributed by atoms with van der Waals surface area (Å²) in [6.07, 6.45) is 11.1. The van der Waals surface area contributed by atoms with Gasteiger partial charge in [0.15, 0.2) is 0 Å². The molecule has 0 bridgehead atoms. The van der Waals surface area contributed by atoms with Crippen molar-refractivity contribution in [1.82, 2.24) is 9.80 Å². The van der Waals surface area contributed by atoms with Crippen LogP contribution in [0.5, 0.6) is 0 Å². The van der Waals surface area contributed by atoms with Crippen LogP contribution in [0.25, 0.3) is 0 Å². The summed E-state index contributed by atoms with van der Waals surface area (Å²) in [5.41, 5.74) is 1.02. The molecule has 4 rings (SSSR count). The molecule has 2 aliphatic carbocycles. The van der Waals surface area contributed by atoms with Crippen LogP contribution in [-0.2, 0) is 16.1 Å². The maximum atomic E-state index is 13.2. The van der Waals surface area contributed by atoms with E-state index in [0.29, 0.717) is 18.9 Å². The van der Waals surface area contributed by atoms with Gasteiger partial charge >= 0.3 is 0 Å². The number of amides is 2. The largest absolute Gasteiger partial charge is 0.331 e. The summed E-state index contributed by atoms with van der Waals surface area (Å²) < 4.78 is 0. The molecule has 4 nitrogen and oxygen atoms in total. The molecule has 0 atom stereocenters. The van der Waals surface area contributed by atoms with E-state index in [1.54, 1.807) is 0 Å². The minimum atomic E-state index is -0.158. The molecule has 2 saturated carbocycles. The van der Waals surface area contributed by atoms with E-state index < -0.39 is 0 Å². The molecule has 3 aliphatic rings. The topological polar surface area (TPSA) is 40.6 Å². The molecule has 146 valence electrons. The Labute approximate surface area is 162 Å². The van der Waals surface area contributed by atoms with E-state index in [2.05, 4.69) is 17.0 Å². The molecule has 1 aliphatic heterocycles. The van der Waals surface area contributed by atoms with Gasteiger partial charge in [-0.1, -0.05) is 62.4 Å². The van der Waals surface area contributed by atoms with E-state index in [4.69, 9.17) is 0 Å². The lowest BCUT2D eigenvalue weighted by atomic mass is 9.78. The van der Waals surface area contributed by atoms with Gasteiger partial charge in [-0.25, -0.2) is 0 Å². The first-order valence-electron chi connectivity index (χ1n) is 10.8. The molecule has 1 heterocycles. The molecule has 0 aromatic heterocycles. The Morgan fingerprint density at radius 1 is 1.00 bits per heavy atom. The van der Waals surface area contributed by atoms with Crippen molar-refractivity contribution in [3.05, 3.63) is 35.9 Å². The first-order valence-corrected chi connectivity index (χ1v) is 10.8. The normalized spacial score (nSPS) is 23.2. The number of carbonyl (C=O) groups excluding carboxylic acids is 2. The summed E-state index contributed by atoms with van der Waals surface area (Å²) in [4.78, 5) is 30.1. The molecule has 1 aromatic rings. The van der Waals surface area contributed by atoms with Crippen LogP contribution in [0.1, 0.15) is 69.8 Å². The van der Waals surface area contributed by atoms with Gasteiger partial charge in [-0.15, -0.1) is 0 Å². The lowest BCUT2D eigenvalue weighted by molar-refractivity contribution is -0.158. The van der Waals surface area contributed by atoms with Gasteiger partial charge in [0, 0.05) is 19.5 Å². The number of benzene rings is 1. The number of nitrogens with zero attached hydrogens (tertiary/aromatic N) is 2. The van der Waals surface area contributed by atoms with Crippen molar-refractivity contribution in [2.24, 2.45) is 5.92 Å². The van der Waals surface area contributed by atoms with Crippen LogP contribution < -0.4 is 0 Å². The predicted octanol–water partition coefficient (Wildman–Crippen LogP) is 4.14. The first-order chi connectivity index (χ1) is 13.2. The third-order valence-corrected chi connectivity index (χ3v) is 6.94. The third-order valence-electron chi connectivity index (χ3n) is 6.94. The van der Waals surface area contributed by atoms with E-state index in [-0.39, 0.29) is 23.9 Å². The molecule has 27 heavy (non-hydrogen) atoms. The fraction of sp³-hybridized carbons (Fsp3) is 0.652. The highest BCUT2D eigenvalue weighted by Crippen LogP contribution is 2.38. The lowest BCUT2D eigenvalue weighted by Gasteiger charge is -2.52. The van der Waals surface area contributed by atoms with E-state index in [9.17, 15) is 9.59 Å². The van der Waals surface area contributed by atoms with Crippen molar-refractivity contribution < 1.29 is 9.59 Å². The Bertz CT molecular complexity index is 660. The minimum absolute atomic E-state index is 0.131. The molecule has 1 saturated heterocycles. The molecule has 1 spiro atoms. The summed E-state index contributed by atoms with van der Waals surface area (Å²) in [6, 6.07) is 10.3. The van der Waals surface area contributed by atoms with Gasteiger partial charge in [-0.3, -0.25) is 9.59 Å². The Kier molecular flexibility index (Phi) is 5.51. The van der Waals surface area contributed by atoms with Gasteiger partial charge < -0.3 is 9.80 Å². The second-order valence-electron chi connectivity index (χ2n) is 8.85. The number of piperazine rings is 1. The average Bonchev–Trinajstić information content (AvgIpc) is 3.19. The fourth-order valence-corrected chi connectivity index (χ4v) is 5.44. The quantitative estimate of drug-likeness (QED) is 0.801. The smallest absolute Gasteiger partial charge is 0.243 e. The Morgan fingerprint density at radius 2 is 1.70 bits per heavy atom. The zero-order valence-electron chi connectivity index (χ0n) is 16.4. The standard InChI is InChI=1S/C23H32N2O2/c26-21(15-19-9-5-6-10-19)24-17-22(27)25(16-20-11-3-1-4-12-20)23(18-24)13-7-2-8-14-23/h1,3-4,11-12,19H,2,5-10,13-18H2. The average molecular weight is 369 g/mol. The number of hydrogen-bond donors (Lipinski definition) is 0. The van der Waals surface area contributed by atoms with Crippen molar-refractivity contribution in [2.75, 3.05) is 13.1 Å². The Hall–Kier alpha value is -1.84. The summed E-state index contributed by atoms with van der Waals surface area (Å²) in [5, 5.41) is 0. The van der Waals surface area contributed by atoms with Crippen molar-refractivity contribution in [2.45, 2.75) is 76.3 Å². The molecule has 3 fully saturated rings. The zero-order valence-corrected chi connectivity index (χ0v) is 16.4. The number of hydrogen-bond acceptors (Lipinski definition) is 2. The SMILES string of the molecule is O=C(CC1CCCC1)N1CC(=O)N(Cc2ccccc2)C2(CCCCC2)C1. The second-order valence-corrected chi connectivity index (χ2v) is 8.85. The molecule has 4 heteroatoms. The highest BCUT2D eigenvalue weighted by atomic mass is 16.2. The van der Waals surface area contributed by atoms with Crippen molar-refractivity contribution in [3.63, 3.8) is 0 Å². The lowest BCUT2D eigenvalue weighted by Crippen LogP contribution is -2.65. The molecule has 2 amide bonds.